The number of benzene rings is 2. The Morgan fingerprint density at radius 2 is 1.57 bits per heavy atom. The number of amides is 2. The van der Waals surface area contributed by atoms with E-state index < -0.39 is 0 Å². The maximum Gasteiger partial charge on any atom is 0.322 e. The van der Waals surface area contributed by atoms with Gasteiger partial charge in [0.1, 0.15) is 0 Å². The van der Waals surface area contributed by atoms with Gasteiger partial charge in [-0.25, -0.2) is 4.79 Å². The number of hydrogen-bond acceptors (Lipinski definition) is 7. The van der Waals surface area contributed by atoms with Gasteiger partial charge in [0.15, 0.2) is 17.3 Å². The first kappa shape index (κ1) is 24.7. The smallest absolute Gasteiger partial charge is 0.322 e. The number of aromatic nitrogens is 2. The quantitative estimate of drug-likeness (QED) is 0.500. The first-order chi connectivity index (χ1) is 16.9. The maximum absolute atomic E-state index is 12.7. The summed E-state index contributed by atoms with van der Waals surface area (Å²) in [6.45, 7) is 2.30. The number of hydrogen-bond donors (Lipinski definition) is 1. The Labute approximate surface area is 213 Å². The molecule has 1 aliphatic heterocycles. The van der Waals surface area contributed by atoms with Crippen molar-refractivity contribution in [2.45, 2.75) is 0 Å². The lowest BCUT2D eigenvalue weighted by Crippen LogP contribution is -2.50. The third kappa shape index (κ3) is 5.47. The third-order valence-corrected chi connectivity index (χ3v) is 6.24. The summed E-state index contributed by atoms with van der Waals surface area (Å²) in [5.74, 6) is 2.34. The van der Waals surface area contributed by atoms with Gasteiger partial charge in [0, 0.05) is 36.8 Å². The molecule has 11 heteroatoms. The molecule has 35 heavy (non-hydrogen) atoms. The number of halogens is 2. The standard InChI is InChI=1S/C24H25Cl2N5O4/c1-33-20-12-15(13-21(34-2)23(20)35-3)18-6-7-22(29-28-18)30-8-10-31(11-9-30)24(32)27-19-14-16(25)4-5-17(19)26/h4-7,12-14H,8-11H2,1-3H3,(H,27,32). The van der Waals surface area contributed by atoms with E-state index in [9.17, 15) is 4.79 Å². The van der Waals surface area contributed by atoms with E-state index in [0.29, 0.717) is 64.9 Å². The Bertz CT molecular complexity index is 1180. The van der Waals surface area contributed by atoms with Crippen molar-refractivity contribution in [1.82, 2.24) is 15.1 Å². The number of carbonyl (C=O) groups is 1. The third-order valence-electron chi connectivity index (χ3n) is 5.67. The van der Waals surface area contributed by atoms with E-state index in [1.54, 1.807) is 44.4 Å². The van der Waals surface area contributed by atoms with Crippen molar-refractivity contribution < 1.29 is 19.0 Å². The molecule has 1 fully saturated rings. The normalized spacial score (nSPS) is 13.4. The number of nitrogens with one attached hydrogen (secondary N) is 1. The molecule has 0 radical (unpaired) electrons. The first-order valence-corrected chi connectivity index (χ1v) is 11.6. The monoisotopic (exact) mass is 517 g/mol. The molecule has 1 aliphatic rings. The van der Waals surface area contributed by atoms with Crippen LogP contribution in [0.5, 0.6) is 17.2 Å². The predicted molar refractivity (Wildman–Crippen MR) is 136 cm³/mol. The fourth-order valence-electron chi connectivity index (χ4n) is 3.80. The molecule has 0 aliphatic carbocycles. The van der Waals surface area contributed by atoms with E-state index in [1.807, 2.05) is 24.3 Å². The Kier molecular flexibility index (Phi) is 7.67. The minimum Gasteiger partial charge on any atom is -0.493 e. The zero-order valence-corrected chi connectivity index (χ0v) is 21.1. The lowest BCUT2D eigenvalue weighted by atomic mass is 10.1. The Morgan fingerprint density at radius 1 is 0.886 bits per heavy atom. The number of anilines is 2. The van der Waals surface area contributed by atoms with Crippen molar-refractivity contribution in [2.24, 2.45) is 0 Å². The van der Waals surface area contributed by atoms with Crippen LogP contribution in [0.2, 0.25) is 10.0 Å². The van der Waals surface area contributed by atoms with E-state index in [2.05, 4.69) is 20.4 Å². The summed E-state index contributed by atoms with van der Waals surface area (Å²) in [7, 11) is 4.70. The van der Waals surface area contributed by atoms with Gasteiger partial charge < -0.3 is 29.3 Å². The van der Waals surface area contributed by atoms with Crippen LogP contribution in [-0.2, 0) is 0 Å². The molecule has 0 saturated carbocycles. The summed E-state index contributed by atoms with van der Waals surface area (Å²) >= 11 is 12.2. The molecule has 184 valence electrons. The highest BCUT2D eigenvalue weighted by Crippen LogP contribution is 2.40. The molecule has 0 spiro atoms. The number of methoxy groups -OCH3 is 3. The number of urea groups is 1. The van der Waals surface area contributed by atoms with Gasteiger partial charge in [-0.3, -0.25) is 0 Å². The summed E-state index contributed by atoms with van der Waals surface area (Å²) in [6, 6.07) is 12.2. The molecule has 4 rings (SSSR count). The summed E-state index contributed by atoms with van der Waals surface area (Å²) in [4.78, 5) is 16.5. The Morgan fingerprint density at radius 3 is 2.14 bits per heavy atom. The van der Waals surface area contributed by atoms with Crippen LogP contribution in [0.25, 0.3) is 11.3 Å². The molecule has 2 heterocycles. The number of carbonyl (C=O) groups excluding carboxylic acids is 1. The Hall–Kier alpha value is -3.43. The van der Waals surface area contributed by atoms with E-state index in [-0.39, 0.29) is 6.03 Å². The highest BCUT2D eigenvalue weighted by atomic mass is 35.5. The number of rotatable bonds is 6. The van der Waals surface area contributed by atoms with Gasteiger partial charge in [0.2, 0.25) is 5.75 Å². The number of ether oxygens (including phenoxy) is 3. The zero-order chi connectivity index (χ0) is 24.9. The molecule has 9 nitrogen and oxygen atoms in total. The van der Waals surface area contributed by atoms with Crippen LogP contribution in [0.1, 0.15) is 0 Å². The van der Waals surface area contributed by atoms with Crippen molar-refractivity contribution in [3.63, 3.8) is 0 Å². The van der Waals surface area contributed by atoms with E-state index >= 15 is 0 Å². The molecule has 2 amide bonds. The average Bonchev–Trinajstić information content (AvgIpc) is 2.90. The second kappa shape index (κ2) is 10.9. The van der Waals surface area contributed by atoms with Gasteiger partial charge in [-0.2, -0.15) is 0 Å². The highest BCUT2D eigenvalue weighted by Gasteiger charge is 2.23. The van der Waals surface area contributed by atoms with Gasteiger partial charge in [-0.15, -0.1) is 10.2 Å². The molecule has 0 atom stereocenters. The molecule has 0 bridgehead atoms. The summed E-state index contributed by atoms with van der Waals surface area (Å²) in [5, 5.41) is 12.6. The first-order valence-electron chi connectivity index (χ1n) is 10.8. The van der Waals surface area contributed by atoms with Crippen LogP contribution < -0.4 is 24.4 Å². The summed E-state index contributed by atoms with van der Waals surface area (Å²) in [5.41, 5.74) is 1.95. The van der Waals surface area contributed by atoms with Crippen LogP contribution in [0.4, 0.5) is 16.3 Å². The minimum atomic E-state index is -0.224. The van der Waals surface area contributed by atoms with Crippen molar-refractivity contribution in [1.29, 1.82) is 0 Å². The molecule has 3 aromatic rings. The SMILES string of the molecule is COc1cc(-c2ccc(N3CCN(C(=O)Nc4cc(Cl)ccc4Cl)CC3)nn2)cc(OC)c1OC. The van der Waals surface area contributed by atoms with Crippen LogP contribution in [0.15, 0.2) is 42.5 Å². The van der Waals surface area contributed by atoms with Crippen molar-refractivity contribution >= 4 is 40.7 Å². The van der Waals surface area contributed by atoms with Crippen LogP contribution >= 0.6 is 23.2 Å². The van der Waals surface area contributed by atoms with Gasteiger partial charge >= 0.3 is 6.03 Å². The van der Waals surface area contributed by atoms with E-state index in [0.717, 1.165) is 11.4 Å². The molecular formula is C24H25Cl2N5O4. The fraction of sp³-hybridized carbons (Fsp3) is 0.292. The van der Waals surface area contributed by atoms with Gasteiger partial charge in [-0.05, 0) is 42.5 Å². The number of nitrogens with zero attached hydrogens (tertiary/aromatic N) is 4. The fourth-order valence-corrected chi connectivity index (χ4v) is 4.14. The Balaban J connectivity index is 1.41. The predicted octanol–water partition coefficient (Wildman–Crippen LogP) is 4.83. The molecule has 2 aromatic carbocycles. The minimum absolute atomic E-state index is 0.224. The van der Waals surface area contributed by atoms with Crippen LogP contribution in [0, 0.1) is 0 Å². The second-order valence-electron chi connectivity index (χ2n) is 7.72. The topological polar surface area (TPSA) is 89.1 Å². The summed E-state index contributed by atoms with van der Waals surface area (Å²) < 4.78 is 16.2. The molecule has 0 unspecified atom stereocenters. The average molecular weight is 518 g/mol. The maximum atomic E-state index is 12.7. The largest absolute Gasteiger partial charge is 0.493 e. The highest BCUT2D eigenvalue weighted by molar-refractivity contribution is 6.35. The van der Waals surface area contributed by atoms with Crippen molar-refractivity contribution in [3.05, 3.63) is 52.5 Å². The second-order valence-corrected chi connectivity index (χ2v) is 8.56. The van der Waals surface area contributed by atoms with Gasteiger partial charge in [-0.1, -0.05) is 23.2 Å². The zero-order valence-electron chi connectivity index (χ0n) is 19.5. The molecule has 1 N–H and O–H groups in total. The lowest BCUT2D eigenvalue weighted by molar-refractivity contribution is 0.208. The summed E-state index contributed by atoms with van der Waals surface area (Å²) in [6.07, 6.45) is 0. The van der Waals surface area contributed by atoms with Gasteiger partial charge in [0.25, 0.3) is 0 Å². The lowest BCUT2D eigenvalue weighted by Gasteiger charge is -2.35. The number of piperazine rings is 1. The van der Waals surface area contributed by atoms with Crippen molar-refractivity contribution in [3.8, 4) is 28.5 Å². The van der Waals surface area contributed by atoms with E-state index in [4.69, 9.17) is 37.4 Å². The van der Waals surface area contributed by atoms with Crippen molar-refractivity contribution in [2.75, 3.05) is 57.7 Å². The molecule has 1 saturated heterocycles. The van der Waals surface area contributed by atoms with Gasteiger partial charge in [0.05, 0.1) is 37.7 Å². The van der Waals surface area contributed by atoms with Crippen LogP contribution in [0.3, 0.4) is 0 Å². The molecular weight excluding hydrogens is 493 g/mol. The molecule has 1 aromatic heterocycles. The van der Waals surface area contributed by atoms with Crippen LogP contribution in [-0.4, -0.2) is 68.6 Å². The van der Waals surface area contributed by atoms with E-state index in [1.165, 1.54) is 0 Å².